The SMILES string of the molecule is CCOC(C1CO1)[SiH](N)OCCCC(C)OCC1CO1. The molecule has 7 heteroatoms. The Balaban J connectivity index is 1.50. The van der Waals surface area contributed by atoms with Crippen LogP contribution in [0, 0.1) is 0 Å². The molecule has 0 amide bonds. The van der Waals surface area contributed by atoms with Gasteiger partial charge in [0.05, 0.1) is 25.9 Å². The largest absolute Gasteiger partial charge is 0.404 e. The summed E-state index contributed by atoms with van der Waals surface area (Å²) < 4.78 is 27.4. The molecule has 0 spiro atoms. The van der Waals surface area contributed by atoms with Crippen LogP contribution in [0.2, 0.25) is 0 Å². The molecule has 0 aromatic carbocycles. The normalized spacial score (nSPS) is 28.9. The van der Waals surface area contributed by atoms with Gasteiger partial charge in [-0.1, -0.05) is 0 Å². The number of epoxide rings is 2. The lowest BCUT2D eigenvalue weighted by Gasteiger charge is -2.21. The van der Waals surface area contributed by atoms with E-state index < -0.39 is 9.20 Å². The van der Waals surface area contributed by atoms with E-state index in [1.807, 2.05) is 6.92 Å². The maximum Gasteiger partial charge on any atom is 0.281 e. The molecule has 0 radical (unpaired) electrons. The average molecular weight is 305 g/mol. The molecule has 2 saturated heterocycles. The van der Waals surface area contributed by atoms with Gasteiger partial charge in [-0.15, -0.1) is 0 Å². The Morgan fingerprint density at radius 1 is 1.30 bits per heavy atom. The van der Waals surface area contributed by atoms with Crippen LogP contribution in [0.1, 0.15) is 26.7 Å². The van der Waals surface area contributed by atoms with Gasteiger partial charge in [0, 0.05) is 13.2 Å². The van der Waals surface area contributed by atoms with Gasteiger partial charge < -0.3 is 28.8 Å². The fourth-order valence-corrected chi connectivity index (χ4v) is 3.71. The summed E-state index contributed by atoms with van der Waals surface area (Å²) in [4.78, 5) is 0. The first-order chi connectivity index (χ1) is 9.70. The molecule has 0 saturated carbocycles. The van der Waals surface area contributed by atoms with E-state index in [1.165, 1.54) is 0 Å². The van der Waals surface area contributed by atoms with Crippen LogP contribution in [0.5, 0.6) is 0 Å². The quantitative estimate of drug-likeness (QED) is 0.313. The van der Waals surface area contributed by atoms with Gasteiger partial charge in [-0.25, -0.2) is 0 Å². The summed E-state index contributed by atoms with van der Waals surface area (Å²) >= 11 is 0. The molecule has 0 aromatic heterocycles. The van der Waals surface area contributed by atoms with Crippen LogP contribution < -0.4 is 5.40 Å². The summed E-state index contributed by atoms with van der Waals surface area (Å²) in [5.74, 6) is 0. The Morgan fingerprint density at radius 3 is 2.65 bits per heavy atom. The molecule has 0 aliphatic carbocycles. The highest BCUT2D eigenvalue weighted by Gasteiger charge is 2.39. The average Bonchev–Trinajstić information content (AvgIpc) is 3.30. The Hall–Kier alpha value is -0.0231. The van der Waals surface area contributed by atoms with Crippen molar-refractivity contribution in [1.82, 2.24) is 0 Å². The summed E-state index contributed by atoms with van der Waals surface area (Å²) in [5.41, 5.74) is -0.0133. The zero-order chi connectivity index (χ0) is 14.4. The molecule has 6 nitrogen and oxygen atoms in total. The Morgan fingerprint density at radius 2 is 2.05 bits per heavy atom. The van der Waals surface area contributed by atoms with Crippen LogP contribution in [0.25, 0.3) is 0 Å². The molecule has 2 heterocycles. The van der Waals surface area contributed by atoms with E-state index in [9.17, 15) is 0 Å². The van der Waals surface area contributed by atoms with Crippen LogP contribution in [0.3, 0.4) is 0 Å². The second-order valence-corrected chi connectivity index (χ2v) is 7.29. The van der Waals surface area contributed by atoms with Crippen molar-refractivity contribution in [3.05, 3.63) is 0 Å². The molecule has 2 N–H and O–H groups in total. The number of ether oxygens (including phenoxy) is 4. The predicted molar refractivity (Wildman–Crippen MR) is 76.8 cm³/mol. The van der Waals surface area contributed by atoms with Gasteiger partial charge >= 0.3 is 0 Å². The fraction of sp³-hybridized carbons (Fsp3) is 1.00. The van der Waals surface area contributed by atoms with Gasteiger partial charge in [0.1, 0.15) is 17.9 Å². The van der Waals surface area contributed by atoms with E-state index in [0.717, 1.165) is 26.1 Å². The van der Waals surface area contributed by atoms with E-state index in [-0.39, 0.29) is 17.9 Å². The first-order valence-electron chi connectivity index (χ1n) is 7.54. The molecular formula is C13H27NO5Si. The van der Waals surface area contributed by atoms with E-state index in [2.05, 4.69) is 6.92 Å². The molecule has 2 fully saturated rings. The van der Waals surface area contributed by atoms with Crippen LogP contribution in [-0.4, -0.2) is 66.3 Å². The van der Waals surface area contributed by atoms with Crippen molar-refractivity contribution in [3.8, 4) is 0 Å². The lowest BCUT2D eigenvalue weighted by atomic mass is 10.2. The highest BCUT2D eigenvalue weighted by molar-refractivity contribution is 6.49. The van der Waals surface area contributed by atoms with Crippen molar-refractivity contribution in [1.29, 1.82) is 0 Å². The van der Waals surface area contributed by atoms with Gasteiger partial charge in [-0.05, 0) is 26.7 Å². The summed E-state index contributed by atoms with van der Waals surface area (Å²) in [6.07, 6.45) is 2.68. The summed E-state index contributed by atoms with van der Waals surface area (Å²) in [6.45, 7) is 7.70. The molecular weight excluding hydrogens is 278 g/mol. The van der Waals surface area contributed by atoms with Crippen LogP contribution in [0.4, 0.5) is 0 Å². The number of rotatable bonds is 12. The third-order valence-electron chi connectivity index (χ3n) is 3.44. The molecule has 118 valence electrons. The fourth-order valence-electron chi connectivity index (χ4n) is 2.06. The van der Waals surface area contributed by atoms with Crippen molar-refractivity contribution < 1.29 is 23.4 Å². The van der Waals surface area contributed by atoms with Gasteiger partial charge in [0.25, 0.3) is 9.20 Å². The van der Waals surface area contributed by atoms with Gasteiger partial charge in [-0.3, -0.25) is 0 Å². The minimum absolute atomic E-state index is 0.0133. The maximum absolute atomic E-state index is 6.13. The minimum atomic E-state index is -1.82. The standard InChI is InChI=1S/C13H27NO5Si/c1-3-15-13(12-9-18-12)20(14)19-6-4-5-10(2)16-7-11-8-17-11/h10-13,20H,3-9,14H2,1-2H3. The Kier molecular flexibility index (Phi) is 6.89. The smallest absolute Gasteiger partial charge is 0.281 e. The van der Waals surface area contributed by atoms with Crippen molar-refractivity contribution in [2.45, 2.75) is 50.7 Å². The Bertz CT molecular complexity index is 275. The summed E-state index contributed by atoms with van der Waals surface area (Å²) in [6, 6.07) is 0. The van der Waals surface area contributed by atoms with Gasteiger partial charge in [-0.2, -0.15) is 0 Å². The second kappa shape index (κ2) is 8.43. The third-order valence-corrected chi connectivity index (χ3v) is 5.33. The van der Waals surface area contributed by atoms with Crippen LogP contribution >= 0.6 is 0 Å². The lowest BCUT2D eigenvalue weighted by molar-refractivity contribution is 0.0440. The van der Waals surface area contributed by atoms with Crippen LogP contribution in [0.15, 0.2) is 0 Å². The van der Waals surface area contributed by atoms with Crippen LogP contribution in [-0.2, 0) is 23.4 Å². The summed E-state index contributed by atoms with van der Waals surface area (Å²) in [7, 11) is -1.82. The molecule has 2 aliphatic rings. The molecule has 2 aliphatic heterocycles. The van der Waals surface area contributed by atoms with Crippen molar-refractivity contribution in [2.75, 3.05) is 33.0 Å². The van der Waals surface area contributed by atoms with E-state index >= 15 is 0 Å². The van der Waals surface area contributed by atoms with Gasteiger partial charge in [0.2, 0.25) is 0 Å². The predicted octanol–water partition coefficient (Wildman–Crippen LogP) is 0.109. The first kappa shape index (κ1) is 16.3. The van der Waals surface area contributed by atoms with Crippen molar-refractivity contribution >= 4 is 9.20 Å². The Labute approximate surface area is 122 Å². The topological polar surface area (TPSA) is 78.8 Å². The monoisotopic (exact) mass is 305 g/mol. The van der Waals surface area contributed by atoms with E-state index in [1.54, 1.807) is 0 Å². The molecule has 2 rings (SSSR count). The highest BCUT2D eigenvalue weighted by Crippen LogP contribution is 2.18. The highest BCUT2D eigenvalue weighted by atomic mass is 28.3. The molecule has 0 aromatic rings. The first-order valence-corrected chi connectivity index (χ1v) is 9.34. The molecule has 20 heavy (non-hydrogen) atoms. The summed E-state index contributed by atoms with van der Waals surface area (Å²) in [5, 5.41) is 6.13. The lowest BCUT2D eigenvalue weighted by Crippen LogP contribution is -2.48. The van der Waals surface area contributed by atoms with Crippen molar-refractivity contribution in [2.24, 2.45) is 5.40 Å². The number of hydrogen-bond donors (Lipinski definition) is 1. The number of hydrogen-bond acceptors (Lipinski definition) is 6. The molecule has 0 bridgehead atoms. The second-order valence-electron chi connectivity index (χ2n) is 5.37. The zero-order valence-electron chi connectivity index (χ0n) is 12.5. The van der Waals surface area contributed by atoms with Gasteiger partial charge in [0.15, 0.2) is 0 Å². The molecule has 5 atom stereocenters. The van der Waals surface area contributed by atoms with Crippen molar-refractivity contribution in [3.63, 3.8) is 0 Å². The van der Waals surface area contributed by atoms with E-state index in [4.69, 9.17) is 28.8 Å². The zero-order valence-corrected chi connectivity index (χ0v) is 13.6. The number of nitrogens with two attached hydrogens (primary N) is 1. The minimum Gasteiger partial charge on any atom is -0.404 e. The van der Waals surface area contributed by atoms with E-state index in [0.29, 0.717) is 25.9 Å². The third kappa shape index (κ3) is 6.17. The molecule has 5 unspecified atom stereocenters. The maximum atomic E-state index is 6.13.